The standard InChI is InChI=1S/C18H26ClN3O4S/c1-20-7-5-14(6-8-20)21(2)18(23)16-13-15(3-4-17(16)19)27(24,25)22-9-11-26-12-10-22/h3-4,13-14H,5-12H2,1-2H3/p+1. The van der Waals surface area contributed by atoms with Gasteiger partial charge in [-0.3, -0.25) is 4.79 Å². The minimum Gasteiger partial charge on any atom is -0.379 e. The Morgan fingerprint density at radius 2 is 1.89 bits per heavy atom. The number of hydrogen-bond donors (Lipinski definition) is 1. The van der Waals surface area contributed by atoms with E-state index in [0.29, 0.717) is 26.3 Å². The van der Waals surface area contributed by atoms with Gasteiger partial charge in [0.15, 0.2) is 0 Å². The summed E-state index contributed by atoms with van der Waals surface area (Å²) in [6.07, 6.45) is 1.86. The quantitative estimate of drug-likeness (QED) is 0.756. The van der Waals surface area contributed by atoms with Crippen LogP contribution in [0.4, 0.5) is 0 Å². The van der Waals surface area contributed by atoms with Gasteiger partial charge in [-0.05, 0) is 18.2 Å². The average Bonchev–Trinajstić information content (AvgIpc) is 2.68. The van der Waals surface area contributed by atoms with Crippen LogP contribution >= 0.6 is 11.6 Å². The largest absolute Gasteiger partial charge is 0.379 e. The van der Waals surface area contributed by atoms with Gasteiger partial charge in [-0.1, -0.05) is 11.6 Å². The highest BCUT2D eigenvalue weighted by Crippen LogP contribution is 2.25. The van der Waals surface area contributed by atoms with Crippen LogP contribution in [0.25, 0.3) is 0 Å². The molecule has 2 aliphatic heterocycles. The molecule has 2 aliphatic rings. The number of likely N-dealkylation sites (tertiary alicyclic amines) is 1. The van der Waals surface area contributed by atoms with Crippen LogP contribution in [0.3, 0.4) is 0 Å². The average molecular weight is 417 g/mol. The molecule has 0 aromatic heterocycles. The molecule has 0 radical (unpaired) electrons. The molecular weight excluding hydrogens is 390 g/mol. The summed E-state index contributed by atoms with van der Waals surface area (Å²) in [5.74, 6) is -0.233. The molecule has 150 valence electrons. The summed E-state index contributed by atoms with van der Waals surface area (Å²) in [4.78, 5) is 16.3. The second-order valence-corrected chi connectivity index (χ2v) is 9.61. The Bertz CT molecular complexity index is 788. The Balaban J connectivity index is 1.83. The van der Waals surface area contributed by atoms with E-state index in [2.05, 4.69) is 7.05 Å². The molecule has 1 aromatic carbocycles. The number of carbonyl (C=O) groups is 1. The van der Waals surface area contributed by atoms with Gasteiger partial charge in [-0.25, -0.2) is 8.42 Å². The van der Waals surface area contributed by atoms with Crippen molar-refractivity contribution in [3.8, 4) is 0 Å². The summed E-state index contributed by atoms with van der Waals surface area (Å²) < 4.78 is 32.4. The van der Waals surface area contributed by atoms with E-state index in [9.17, 15) is 13.2 Å². The third kappa shape index (κ3) is 4.46. The number of rotatable bonds is 4. The van der Waals surface area contributed by atoms with E-state index in [0.717, 1.165) is 25.9 Å². The van der Waals surface area contributed by atoms with Gasteiger partial charge in [-0.15, -0.1) is 0 Å². The number of nitrogens with zero attached hydrogens (tertiary/aromatic N) is 2. The maximum atomic E-state index is 13.0. The molecule has 0 bridgehead atoms. The lowest BCUT2D eigenvalue weighted by Crippen LogP contribution is -3.10. The molecule has 2 fully saturated rings. The van der Waals surface area contributed by atoms with E-state index in [1.54, 1.807) is 11.9 Å². The number of benzene rings is 1. The van der Waals surface area contributed by atoms with E-state index in [-0.39, 0.29) is 27.4 Å². The number of sulfonamides is 1. The molecule has 7 nitrogen and oxygen atoms in total. The zero-order valence-corrected chi connectivity index (χ0v) is 17.4. The van der Waals surface area contributed by atoms with Crippen molar-refractivity contribution in [3.05, 3.63) is 28.8 Å². The number of morpholine rings is 1. The summed E-state index contributed by atoms with van der Waals surface area (Å²) >= 11 is 6.25. The summed E-state index contributed by atoms with van der Waals surface area (Å²) in [5, 5.41) is 0.270. The van der Waals surface area contributed by atoms with Crippen molar-refractivity contribution >= 4 is 27.5 Å². The summed E-state index contributed by atoms with van der Waals surface area (Å²) in [6, 6.07) is 4.51. The Morgan fingerprint density at radius 1 is 1.26 bits per heavy atom. The van der Waals surface area contributed by atoms with E-state index in [1.807, 2.05) is 0 Å². The monoisotopic (exact) mass is 416 g/mol. The van der Waals surface area contributed by atoms with Crippen molar-refractivity contribution in [2.45, 2.75) is 23.8 Å². The molecule has 27 heavy (non-hydrogen) atoms. The number of hydrogen-bond acceptors (Lipinski definition) is 4. The first-order chi connectivity index (χ1) is 12.8. The number of quaternary nitrogens is 1. The summed E-state index contributed by atoms with van der Waals surface area (Å²) in [7, 11) is 0.247. The number of ether oxygens (including phenoxy) is 1. The maximum absolute atomic E-state index is 13.0. The van der Waals surface area contributed by atoms with Crippen LogP contribution < -0.4 is 4.90 Å². The highest BCUT2D eigenvalue weighted by atomic mass is 35.5. The van der Waals surface area contributed by atoms with Crippen LogP contribution in [0.1, 0.15) is 23.2 Å². The van der Waals surface area contributed by atoms with Gasteiger partial charge in [0.1, 0.15) is 0 Å². The molecule has 1 N–H and O–H groups in total. The second-order valence-electron chi connectivity index (χ2n) is 7.26. The highest BCUT2D eigenvalue weighted by Gasteiger charge is 2.30. The predicted octanol–water partition coefficient (Wildman–Crippen LogP) is 0.110. The topological polar surface area (TPSA) is 71.4 Å². The smallest absolute Gasteiger partial charge is 0.255 e. The molecule has 1 amide bonds. The first-order valence-corrected chi connectivity index (χ1v) is 11.1. The second kappa shape index (κ2) is 8.45. The number of nitrogens with one attached hydrogen (secondary N) is 1. The summed E-state index contributed by atoms with van der Waals surface area (Å²) in [6.45, 7) is 3.40. The SMILES string of the molecule is CN(C(=O)c1cc(S(=O)(=O)N2CCOCC2)ccc1Cl)C1CC[NH+](C)CC1. The Morgan fingerprint density at radius 3 is 2.52 bits per heavy atom. The van der Waals surface area contributed by atoms with Crippen LogP contribution in [-0.2, 0) is 14.8 Å². The van der Waals surface area contributed by atoms with Crippen molar-refractivity contribution in [3.63, 3.8) is 0 Å². The molecule has 2 heterocycles. The van der Waals surface area contributed by atoms with Gasteiger partial charge in [-0.2, -0.15) is 4.31 Å². The van der Waals surface area contributed by atoms with E-state index in [4.69, 9.17) is 16.3 Å². The van der Waals surface area contributed by atoms with Gasteiger partial charge in [0.05, 0.1) is 48.8 Å². The Kier molecular flexibility index (Phi) is 6.43. The van der Waals surface area contributed by atoms with Crippen molar-refractivity contribution in [1.82, 2.24) is 9.21 Å². The van der Waals surface area contributed by atoms with Crippen molar-refractivity contribution in [2.75, 3.05) is 53.5 Å². The molecular formula is C18H27ClN3O4S+. The third-order valence-electron chi connectivity index (χ3n) is 5.45. The zero-order valence-electron chi connectivity index (χ0n) is 15.8. The van der Waals surface area contributed by atoms with Crippen LogP contribution in [0, 0.1) is 0 Å². The van der Waals surface area contributed by atoms with Gasteiger partial charge in [0.25, 0.3) is 5.91 Å². The van der Waals surface area contributed by atoms with Crippen LogP contribution in [0.2, 0.25) is 5.02 Å². The molecule has 0 unspecified atom stereocenters. The minimum atomic E-state index is -3.67. The summed E-state index contributed by atoms with van der Waals surface area (Å²) in [5.41, 5.74) is 0.236. The number of carbonyl (C=O) groups excluding carboxylic acids is 1. The van der Waals surface area contributed by atoms with E-state index < -0.39 is 10.0 Å². The van der Waals surface area contributed by atoms with E-state index in [1.165, 1.54) is 27.4 Å². The zero-order chi connectivity index (χ0) is 19.6. The van der Waals surface area contributed by atoms with Crippen molar-refractivity contribution in [1.29, 1.82) is 0 Å². The molecule has 1 aromatic rings. The first kappa shape index (κ1) is 20.5. The molecule has 0 saturated carbocycles. The molecule has 2 saturated heterocycles. The van der Waals surface area contributed by atoms with Gasteiger partial charge in [0.2, 0.25) is 10.0 Å². The number of halogens is 1. The number of amides is 1. The van der Waals surface area contributed by atoms with Gasteiger partial charge in [0, 0.05) is 39.0 Å². The highest BCUT2D eigenvalue weighted by molar-refractivity contribution is 7.89. The molecule has 3 rings (SSSR count). The lowest BCUT2D eigenvalue weighted by Gasteiger charge is -2.33. The number of piperidine rings is 1. The molecule has 0 aliphatic carbocycles. The fraction of sp³-hybridized carbons (Fsp3) is 0.611. The fourth-order valence-corrected chi connectivity index (χ4v) is 5.24. The molecule has 0 atom stereocenters. The lowest BCUT2D eigenvalue weighted by molar-refractivity contribution is -0.885. The first-order valence-electron chi connectivity index (χ1n) is 9.26. The maximum Gasteiger partial charge on any atom is 0.255 e. The normalized spacial score (nSPS) is 24.6. The van der Waals surface area contributed by atoms with Crippen LogP contribution in [-0.4, -0.2) is 83.1 Å². The Labute approximate surface area is 165 Å². The van der Waals surface area contributed by atoms with Crippen LogP contribution in [0.15, 0.2) is 23.1 Å². The van der Waals surface area contributed by atoms with Gasteiger partial charge < -0.3 is 14.5 Å². The molecule has 0 spiro atoms. The van der Waals surface area contributed by atoms with Crippen LogP contribution in [0.5, 0.6) is 0 Å². The van der Waals surface area contributed by atoms with Crippen molar-refractivity contribution in [2.24, 2.45) is 0 Å². The van der Waals surface area contributed by atoms with Crippen molar-refractivity contribution < 1.29 is 22.8 Å². The van der Waals surface area contributed by atoms with Gasteiger partial charge >= 0.3 is 0 Å². The lowest BCUT2D eigenvalue weighted by atomic mass is 10.0. The predicted molar refractivity (Wildman–Crippen MR) is 103 cm³/mol. The minimum absolute atomic E-state index is 0.0957. The Hall–Kier alpha value is -1.19. The molecule has 9 heteroatoms. The third-order valence-corrected chi connectivity index (χ3v) is 7.68. The van der Waals surface area contributed by atoms with E-state index >= 15 is 0 Å². The fourth-order valence-electron chi connectivity index (χ4n) is 3.60.